The van der Waals surface area contributed by atoms with E-state index in [4.69, 9.17) is 11.6 Å². The highest BCUT2D eigenvalue weighted by molar-refractivity contribution is 6.31. The molecule has 0 radical (unpaired) electrons. The van der Waals surface area contributed by atoms with Gasteiger partial charge in [-0.1, -0.05) is 41.9 Å². The zero-order chi connectivity index (χ0) is 19.2. The van der Waals surface area contributed by atoms with E-state index in [0.717, 1.165) is 22.5 Å². The maximum absolute atomic E-state index is 13.0. The smallest absolute Gasteiger partial charge is 0.276 e. The lowest BCUT2D eigenvalue weighted by atomic mass is 10.2. The Kier molecular flexibility index (Phi) is 6.09. The number of pyridine rings is 1. The number of aromatic nitrogens is 1. The van der Waals surface area contributed by atoms with E-state index >= 15 is 0 Å². The van der Waals surface area contributed by atoms with Gasteiger partial charge in [-0.3, -0.25) is 9.78 Å². The van der Waals surface area contributed by atoms with Crippen molar-refractivity contribution in [3.05, 3.63) is 88.7 Å². The number of carbonyl (C=O) groups is 1. The molecule has 0 saturated carbocycles. The number of anilines is 2. The molecule has 138 valence electrons. The minimum Gasteiger partial charge on any atom is -0.381 e. The van der Waals surface area contributed by atoms with Crippen LogP contribution in [-0.4, -0.2) is 17.4 Å². The lowest BCUT2D eigenvalue weighted by molar-refractivity contribution is 0.0983. The van der Waals surface area contributed by atoms with Gasteiger partial charge in [0.05, 0.1) is 0 Å². The highest BCUT2D eigenvalue weighted by Crippen LogP contribution is 2.20. The zero-order valence-electron chi connectivity index (χ0n) is 15.4. The Labute approximate surface area is 164 Å². The molecule has 0 bridgehead atoms. The number of hydrogen-bond donors (Lipinski definition) is 1. The summed E-state index contributed by atoms with van der Waals surface area (Å²) in [5.74, 6) is -0.121. The normalized spacial score (nSPS) is 10.5. The van der Waals surface area contributed by atoms with Crippen LogP contribution in [0.5, 0.6) is 0 Å². The van der Waals surface area contributed by atoms with Crippen LogP contribution in [0.2, 0.25) is 5.02 Å². The number of aryl methyl sites for hydroxylation is 1. The second kappa shape index (κ2) is 8.69. The van der Waals surface area contributed by atoms with Crippen molar-refractivity contribution in [2.24, 2.45) is 0 Å². The van der Waals surface area contributed by atoms with E-state index in [9.17, 15) is 4.79 Å². The molecule has 27 heavy (non-hydrogen) atoms. The van der Waals surface area contributed by atoms with Gasteiger partial charge >= 0.3 is 0 Å². The molecule has 0 aliphatic heterocycles. The summed E-state index contributed by atoms with van der Waals surface area (Å²) in [6.07, 6.45) is 1.65. The summed E-state index contributed by atoms with van der Waals surface area (Å²) < 4.78 is 0. The van der Waals surface area contributed by atoms with Crippen LogP contribution in [0.15, 0.2) is 66.9 Å². The molecule has 1 amide bonds. The van der Waals surface area contributed by atoms with E-state index in [1.54, 1.807) is 17.2 Å². The topological polar surface area (TPSA) is 45.2 Å². The van der Waals surface area contributed by atoms with Crippen molar-refractivity contribution in [3.63, 3.8) is 0 Å². The lowest BCUT2D eigenvalue weighted by Gasteiger charge is -2.21. The predicted molar refractivity (Wildman–Crippen MR) is 112 cm³/mol. The van der Waals surface area contributed by atoms with Crippen LogP contribution in [-0.2, 0) is 6.54 Å². The third-order valence-corrected chi connectivity index (χ3v) is 4.66. The van der Waals surface area contributed by atoms with Gasteiger partial charge in [0.2, 0.25) is 0 Å². The Balaban J connectivity index is 1.77. The Bertz CT molecular complexity index is 942. The van der Waals surface area contributed by atoms with Crippen molar-refractivity contribution >= 4 is 28.9 Å². The van der Waals surface area contributed by atoms with Gasteiger partial charge in [-0.15, -0.1) is 0 Å². The van der Waals surface area contributed by atoms with E-state index in [1.807, 2.05) is 68.4 Å². The van der Waals surface area contributed by atoms with Crippen molar-refractivity contribution < 1.29 is 4.79 Å². The molecule has 0 saturated heterocycles. The van der Waals surface area contributed by atoms with Crippen LogP contribution in [0.25, 0.3) is 0 Å². The standard InChI is InChI=1S/C22H22ClN3O/c1-3-26(19-9-6-7-16(2)13-19)22(27)21-14-18(11-12-24-21)25-15-17-8-4-5-10-20(17)23/h4-14H,3,15H2,1-2H3,(H,24,25). The number of benzene rings is 2. The predicted octanol–water partition coefficient (Wildman–Crippen LogP) is 5.32. The fourth-order valence-corrected chi connectivity index (χ4v) is 3.08. The molecular formula is C22H22ClN3O. The quantitative estimate of drug-likeness (QED) is 0.630. The van der Waals surface area contributed by atoms with Gasteiger partial charge in [0.1, 0.15) is 5.69 Å². The number of carbonyl (C=O) groups excluding carboxylic acids is 1. The Morgan fingerprint density at radius 2 is 1.93 bits per heavy atom. The fourth-order valence-electron chi connectivity index (χ4n) is 2.87. The molecule has 0 spiro atoms. The fraction of sp³-hybridized carbons (Fsp3) is 0.182. The first kappa shape index (κ1) is 18.9. The molecule has 1 aromatic heterocycles. The number of rotatable bonds is 6. The first-order chi connectivity index (χ1) is 13.1. The second-order valence-electron chi connectivity index (χ2n) is 6.26. The maximum Gasteiger partial charge on any atom is 0.276 e. The highest BCUT2D eigenvalue weighted by Gasteiger charge is 2.18. The van der Waals surface area contributed by atoms with Crippen LogP contribution in [0.4, 0.5) is 11.4 Å². The molecule has 0 aliphatic rings. The zero-order valence-corrected chi connectivity index (χ0v) is 16.2. The summed E-state index contributed by atoms with van der Waals surface area (Å²) in [4.78, 5) is 19.0. The molecule has 2 aromatic carbocycles. The summed E-state index contributed by atoms with van der Waals surface area (Å²) in [7, 11) is 0. The largest absolute Gasteiger partial charge is 0.381 e. The first-order valence-corrected chi connectivity index (χ1v) is 9.28. The van der Waals surface area contributed by atoms with E-state index in [2.05, 4.69) is 10.3 Å². The molecule has 3 rings (SSSR count). The van der Waals surface area contributed by atoms with Gasteiger partial charge in [0, 0.05) is 35.7 Å². The monoisotopic (exact) mass is 379 g/mol. The van der Waals surface area contributed by atoms with Crippen LogP contribution in [0.3, 0.4) is 0 Å². The SMILES string of the molecule is CCN(C(=O)c1cc(NCc2ccccc2Cl)ccn1)c1cccc(C)c1. The Morgan fingerprint density at radius 1 is 1.11 bits per heavy atom. The van der Waals surface area contributed by atoms with Crippen molar-refractivity contribution in [1.29, 1.82) is 0 Å². The van der Waals surface area contributed by atoms with Gasteiger partial charge in [-0.2, -0.15) is 0 Å². The van der Waals surface area contributed by atoms with E-state index in [1.165, 1.54) is 0 Å². The number of nitrogens with one attached hydrogen (secondary N) is 1. The van der Waals surface area contributed by atoms with Gasteiger partial charge < -0.3 is 10.2 Å². The molecule has 3 aromatic rings. The first-order valence-electron chi connectivity index (χ1n) is 8.90. The van der Waals surface area contributed by atoms with Gasteiger partial charge in [-0.05, 0) is 55.3 Å². The minimum atomic E-state index is -0.121. The van der Waals surface area contributed by atoms with Crippen molar-refractivity contribution in [2.75, 3.05) is 16.8 Å². The number of hydrogen-bond acceptors (Lipinski definition) is 3. The van der Waals surface area contributed by atoms with Crippen molar-refractivity contribution in [2.45, 2.75) is 20.4 Å². The van der Waals surface area contributed by atoms with E-state index in [-0.39, 0.29) is 5.91 Å². The van der Waals surface area contributed by atoms with Crippen molar-refractivity contribution in [1.82, 2.24) is 4.98 Å². The summed E-state index contributed by atoms with van der Waals surface area (Å²) in [6.45, 7) is 5.12. The Hall–Kier alpha value is -2.85. The van der Waals surface area contributed by atoms with Crippen molar-refractivity contribution in [3.8, 4) is 0 Å². The molecular weight excluding hydrogens is 358 g/mol. The third-order valence-electron chi connectivity index (χ3n) is 4.29. The summed E-state index contributed by atoms with van der Waals surface area (Å²) in [5, 5.41) is 4.02. The molecule has 0 unspecified atom stereocenters. The molecule has 5 heteroatoms. The highest BCUT2D eigenvalue weighted by atomic mass is 35.5. The van der Waals surface area contributed by atoms with Crippen LogP contribution in [0.1, 0.15) is 28.5 Å². The molecule has 0 aliphatic carbocycles. The average Bonchev–Trinajstić information content (AvgIpc) is 2.68. The molecule has 1 N–H and O–H groups in total. The van der Waals surface area contributed by atoms with Gasteiger partial charge in [0.25, 0.3) is 5.91 Å². The van der Waals surface area contributed by atoms with Gasteiger partial charge in [0.15, 0.2) is 0 Å². The van der Waals surface area contributed by atoms with E-state index < -0.39 is 0 Å². The lowest BCUT2D eigenvalue weighted by Crippen LogP contribution is -2.31. The molecule has 0 fully saturated rings. The van der Waals surface area contributed by atoms with Gasteiger partial charge in [-0.25, -0.2) is 0 Å². The summed E-state index contributed by atoms with van der Waals surface area (Å²) >= 11 is 6.20. The third kappa shape index (κ3) is 4.66. The Morgan fingerprint density at radius 3 is 2.67 bits per heavy atom. The van der Waals surface area contributed by atoms with E-state index in [0.29, 0.717) is 23.8 Å². The maximum atomic E-state index is 13.0. The minimum absolute atomic E-state index is 0.121. The average molecular weight is 380 g/mol. The number of nitrogens with zero attached hydrogens (tertiary/aromatic N) is 2. The van der Waals surface area contributed by atoms with Crippen LogP contribution < -0.4 is 10.2 Å². The molecule has 1 heterocycles. The number of amides is 1. The summed E-state index contributed by atoms with van der Waals surface area (Å²) in [5.41, 5.74) is 4.22. The number of halogens is 1. The molecule has 0 atom stereocenters. The van der Waals surface area contributed by atoms with Crippen LogP contribution in [0, 0.1) is 6.92 Å². The second-order valence-corrected chi connectivity index (χ2v) is 6.67. The molecule has 4 nitrogen and oxygen atoms in total. The summed E-state index contributed by atoms with van der Waals surface area (Å²) in [6, 6.07) is 19.2. The van der Waals surface area contributed by atoms with Crippen LogP contribution >= 0.6 is 11.6 Å².